The molecule has 1 N–H and O–H groups in total. The Kier molecular flexibility index (Phi) is 7.16. The van der Waals surface area contributed by atoms with E-state index in [2.05, 4.69) is 17.1 Å². The summed E-state index contributed by atoms with van der Waals surface area (Å²) < 4.78 is 6.26. The average Bonchev–Trinajstić information content (AvgIpc) is 2.61. The second-order valence-corrected chi connectivity index (χ2v) is 5.70. The minimum Gasteiger partial charge on any atom is -0.383 e. The van der Waals surface area contributed by atoms with E-state index < -0.39 is 11.2 Å². The van der Waals surface area contributed by atoms with Gasteiger partial charge < -0.3 is 9.64 Å². The number of ether oxygens (including phenoxy) is 1. The SMILES string of the molecule is COCCN(CCCc1ccccc1)C(=O)Cn1ccc(=O)[nH]c1=O. The van der Waals surface area contributed by atoms with E-state index in [1.165, 1.54) is 22.4 Å². The predicted molar refractivity (Wildman–Crippen MR) is 94.5 cm³/mol. The Balaban J connectivity index is 1.96. The number of hydrogen-bond donors (Lipinski definition) is 1. The number of aromatic amines is 1. The van der Waals surface area contributed by atoms with Crippen LogP contribution in [-0.4, -0.2) is 47.2 Å². The zero-order chi connectivity index (χ0) is 18.1. The lowest BCUT2D eigenvalue weighted by atomic mass is 10.1. The molecule has 0 bridgehead atoms. The zero-order valence-corrected chi connectivity index (χ0v) is 14.3. The monoisotopic (exact) mass is 345 g/mol. The molecular formula is C18H23N3O4. The van der Waals surface area contributed by atoms with Gasteiger partial charge in [0.25, 0.3) is 5.56 Å². The quantitative estimate of drug-likeness (QED) is 0.723. The molecule has 7 heteroatoms. The van der Waals surface area contributed by atoms with Gasteiger partial charge in [-0.15, -0.1) is 0 Å². The third-order valence-corrected chi connectivity index (χ3v) is 3.86. The first-order valence-electron chi connectivity index (χ1n) is 8.20. The Labute approximate surface area is 145 Å². The fourth-order valence-corrected chi connectivity index (χ4v) is 2.50. The van der Waals surface area contributed by atoms with E-state index in [0.29, 0.717) is 19.7 Å². The highest BCUT2D eigenvalue weighted by Gasteiger charge is 2.14. The molecule has 0 unspecified atom stereocenters. The Bertz CT molecular complexity index is 783. The maximum absolute atomic E-state index is 12.5. The number of aromatic nitrogens is 2. The Morgan fingerprint density at radius 3 is 2.60 bits per heavy atom. The summed E-state index contributed by atoms with van der Waals surface area (Å²) in [5.41, 5.74) is 0.156. The number of rotatable bonds is 9. The molecule has 0 spiro atoms. The number of aryl methyl sites for hydroxylation is 1. The summed E-state index contributed by atoms with van der Waals surface area (Å²) in [4.78, 5) is 39.2. The number of amides is 1. The first-order chi connectivity index (χ1) is 12.1. The lowest BCUT2D eigenvalue weighted by Gasteiger charge is -2.22. The molecule has 7 nitrogen and oxygen atoms in total. The van der Waals surface area contributed by atoms with Crippen LogP contribution >= 0.6 is 0 Å². The second-order valence-electron chi connectivity index (χ2n) is 5.70. The van der Waals surface area contributed by atoms with Gasteiger partial charge in [0.05, 0.1) is 6.61 Å². The van der Waals surface area contributed by atoms with Crippen molar-refractivity contribution >= 4 is 5.91 Å². The van der Waals surface area contributed by atoms with Crippen LogP contribution in [0.15, 0.2) is 52.2 Å². The van der Waals surface area contributed by atoms with E-state index in [9.17, 15) is 14.4 Å². The summed E-state index contributed by atoms with van der Waals surface area (Å²) in [5, 5.41) is 0. The fraction of sp³-hybridized carbons (Fsp3) is 0.389. The number of H-pyrrole nitrogens is 1. The molecule has 0 aliphatic heterocycles. The van der Waals surface area contributed by atoms with Gasteiger partial charge >= 0.3 is 5.69 Å². The molecule has 0 saturated carbocycles. The van der Waals surface area contributed by atoms with Crippen LogP contribution in [0, 0.1) is 0 Å². The summed E-state index contributed by atoms with van der Waals surface area (Å²) in [5.74, 6) is -0.181. The zero-order valence-electron chi connectivity index (χ0n) is 14.3. The maximum Gasteiger partial charge on any atom is 0.328 e. The molecule has 2 aromatic rings. The minimum absolute atomic E-state index is 0.106. The van der Waals surface area contributed by atoms with Gasteiger partial charge in [-0.2, -0.15) is 0 Å². The average molecular weight is 345 g/mol. The minimum atomic E-state index is -0.586. The van der Waals surface area contributed by atoms with Crippen molar-refractivity contribution in [2.45, 2.75) is 19.4 Å². The van der Waals surface area contributed by atoms with Crippen molar-refractivity contribution in [3.63, 3.8) is 0 Å². The number of nitrogens with one attached hydrogen (secondary N) is 1. The van der Waals surface area contributed by atoms with Crippen LogP contribution in [0.25, 0.3) is 0 Å². The number of nitrogens with zero attached hydrogens (tertiary/aromatic N) is 2. The van der Waals surface area contributed by atoms with Crippen LogP contribution in [0.4, 0.5) is 0 Å². The van der Waals surface area contributed by atoms with E-state index in [4.69, 9.17) is 4.74 Å². The first kappa shape index (κ1) is 18.7. The molecule has 2 rings (SSSR count). The van der Waals surface area contributed by atoms with E-state index >= 15 is 0 Å². The van der Waals surface area contributed by atoms with Crippen molar-refractivity contribution in [1.29, 1.82) is 0 Å². The highest BCUT2D eigenvalue weighted by atomic mass is 16.5. The van der Waals surface area contributed by atoms with Crippen molar-refractivity contribution in [3.8, 4) is 0 Å². The highest BCUT2D eigenvalue weighted by Crippen LogP contribution is 2.04. The third-order valence-electron chi connectivity index (χ3n) is 3.86. The van der Waals surface area contributed by atoms with Crippen molar-refractivity contribution in [1.82, 2.24) is 14.5 Å². The molecule has 0 fully saturated rings. The largest absolute Gasteiger partial charge is 0.383 e. The lowest BCUT2D eigenvalue weighted by Crippen LogP contribution is -2.40. The van der Waals surface area contributed by atoms with Crippen LogP contribution in [-0.2, 0) is 22.5 Å². The first-order valence-corrected chi connectivity index (χ1v) is 8.20. The van der Waals surface area contributed by atoms with E-state index in [-0.39, 0.29) is 12.5 Å². The molecule has 1 amide bonds. The number of methoxy groups -OCH3 is 1. The second kappa shape index (κ2) is 9.58. The molecule has 0 saturated heterocycles. The summed E-state index contributed by atoms with van der Waals surface area (Å²) >= 11 is 0. The van der Waals surface area contributed by atoms with Gasteiger partial charge in [-0.3, -0.25) is 19.1 Å². The third kappa shape index (κ3) is 6.04. The molecule has 1 aromatic heterocycles. The Morgan fingerprint density at radius 1 is 1.16 bits per heavy atom. The molecular weight excluding hydrogens is 322 g/mol. The van der Waals surface area contributed by atoms with Gasteiger partial charge in [-0.05, 0) is 18.4 Å². The van der Waals surface area contributed by atoms with Crippen LogP contribution in [0.3, 0.4) is 0 Å². The number of hydrogen-bond acceptors (Lipinski definition) is 4. The Hall–Kier alpha value is -2.67. The van der Waals surface area contributed by atoms with Crippen molar-refractivity contribution < 1.29 is 9.53 Å². The molecule has 0 radical (unpaired) electrons. The van der Waals surface area contributed by atoms with E-state index in [1.807, 2.05) is 18.2 Å². The number of carbonyl (C=O) groups is 1. The van der Waals surface area contributed by atoms with Gasteiger partial charge in [-0.25, -0.2) is 4.79 Å². The smallest absolute Gasteiger partial charge is 0.328 e. The summed E-state index contributed by atoms with van der Waals surface area (Å²) in [6.45, 7) is 1.36. The van der Waals surface area contributed by atoms with Gasteiger partial charge in [0.2, 0.25) is 5.91 Å². The standard InChI is InChI=1S/C18H23N3O4/c1-25-13-12-20(10-5-8-15-6-3-2-4-7-15)17(23)14-21-11-9-16(22)19-18(21)24/h2-4,6-7,9,11H,5,8,10,12-14H2,1H3,(H,19,22,24). The van der Waals surface area contributed by atoms with Crippen LogP contribution in [0.1, 0.15) is 12.0 Å². The lowest BCUT2D eigenvalue weighted by molar-refractivity contribution is -0.132. The molecule has 0 aliphatic rings. The predicted octanol–water partition coefficient (Wildman–Crippen LogP) is 0.644. The van der Waals surface area contributed by atoms with Crippen LogP contribution in [0.5, 0.6) is 0 Å². The van der Waals surface area contributed by atoms with E-state index in [0.717, 1.165) is 12.8 Å². The highest BCUT2D eigenvalue weighted by molar-refractivity contribution is 5.75. The van der Waals surface area contributed by atoms with Gasteiger partial charge in [0.1, 0.15) is 6.54 Å². The van der Waals surface area contributed by atoms with Crippen molar-refractivity contribution in [2.75, 3.05) is 26.8 Å². The normalized spacial score (nSPS) is 10.6. The molecule has 25 heavy (non-hydrogen) atoms. The summed E-state index contributed by atoms with van der Waals surface area (Å²) in [6, 6.07) is 11.3. The maximum atomic E-state index is 12.5. The van der Waals surface area contributed by atoms with E-state index in [1.54, 1.807) is 12.0 Å². The van der Waals surface area contributed by atoms with Gasteiger partial charge in [0, 0.05) is 32.5 Å². The molecule has 1 aromatic carbocycles. The molecule has 0 atom stereocenters. The topological polar surface area (TPSA) is 84.4 Å². The molecule has 1 heterocycles. The van der Waals surface area contributed by atoms with Crippen LogP contribution < -0.4 is 11.2 Å². The molecule has 0 aliphatic carbocycles. The molecule has 134 valence electrons. The summed E-state index contributed by atoms with van der Waals surface area (Å²) in [7, 11) is 1.58. The number of carbonyl (C=O) groups excluding carboxylic acids is 1. The van der Waals surface area contributed by atoms with Crippen LogP contribution in [0.2, 0.25) is 0 Å². The fourth-order valence-electron chi connectivity index (χ4n) is 2.50. The van der Waals surface area contributed by atoms with Gasteiger partial charge in [0.15, 0.2) is 0 Å². The van der Waals surface area contributed by atoms with Crippen molar-refractivity contribution in [3.05, 3.63) is 69.0 Å². The summed E-state index contributed by atoms with van der Waals surface area (Å²) in [6.07, 6.45) is 3.02. The van der Waals surface area contributed by atoms with Gasteiger partial charge in [-0.1, -0.05) is 30.3 Å². The Morgan fingerprint density at radius 2 is 1.92 bits per heavy atom. The van der Waals surface area contributed by atoms with Crippen molar-refractivity contribution in [2.24, 2.45) is 0 Å². The number of benzene rings is 1.